The Morgan fingerprint density at radius 1 is 1.33 bits per heavy atom. The van der Waals surface area contributed by atoms with Crippen LogP contribution in [0.2, 0.25) is 5.02 Å². The molecule has 1 heterocycles. The van der Waals surface area contributed by atoms with Gasteiger partial charge in [-0.1, -0.05) is 23.7 Å². The molecule has 0 saturated carbocycles. The molecule has 0 saturated heterocycles. The first-order chi connectivity index (χ1) is 8.56. The van der Waals surface area contributed by atoms with Gasteiger partial charge in [0, 0.05) is 17.0 Å². The zero-order valence-corrected chi connectivity index (χ0v) is 10.4. The maximum Gasteiger partial charge on any atom is 0.219 e. The molecule has 1 aromatic heterocycles. The van der Waals surface area contributed by atoms with Gasteiger partial charge in [-0.05, 0) is 24.3 Å². The molecule has 18 heavy (non-hydrogen) atoms. The third kappa shape index (κ3) is 2.91. The quantitative estimate of drug-likeness (QED) is 0.890. The van der Waals surface area contributed by atoms with Gasteiger partial charge in [-0.3, -0.25) is 4.79 Å². The first kappa shape index (κ1) is 12.7. The van der Waals surface area contributed by atoms with Crippen LogP contribution in [0.5, 0.6) is 0 Å². The van der Waals surface area contributed by atoms with Gasteiger partial charge in [0.15, 0.2) is 0 Å². The number of halogens is 1. The van der Waals surface area contributed by atoms with Crippen LogP contribution in [0.3, 0.4) is 0 Å². The molecule has 1 amide bonds. The number of primary amides is 1. The molecule has 0 fully saturated rings. The molecule has 0 aliphatic carbocycles. The van der Waals surface area contributed by atoms with E-state index in [4.69, 9.17) is 27.5 Å². The highest BCUT2D eigenvalue weighted by Crippen LogP contribution is 2.27. The topological polar surface area (TPSA) is 82.2 Å². The molecule has 4 nitrogen and oxygen atoms in total. The summed E-state index contributed by atoms with van der Waals surface area (Å²) in [7, 11) is 0. The van der Waals surface area contributed by atoms with E-state index in [1.807, 2.05) is 12.1 Å². The zero-order valence-electron chi connectivity index (χ0n) is 9.60. The molecular formula is C13H13ClN2O2. The molecule has 5 heteroatoms. The lowest BCUT2D eigenvalue weighted by molar-refractivity contribution is -0.118. The van der Waals surface area contributed by atoms with E-state index in [0.717, 1.165) is 5.56 Å². The van der Waals surface area contributed by atoms with Crippen LogP contribution in [0.4, 0.5) is 0 Å². The normalized spacial score (nSPS) is 12.3. The number of furan rings is 1. The average molecular weight is 265 g/mol. The summed E-state index contributed by atoms with van der Waals surface area (Å²) in [6.45, 7) is 0. The number of amides is 1. The maximum absolute atomic E-state index is 10.8. The minimum absolute atomic E-state index is 0.0580. The van der Waals surface area contributed by atoms with E-state index >= 15 is 0 Å². The summed E-state index contributed by atoms with van der Waals surface area (Å²) in [5.41, 5.74) is 11.7. The number of hydrogen-bond acceptors (Lipinski definition) is 3. The molecule has 1 aromatic carbocycles. The Morgan fingerprint density at radius 3 is 2.78 bits per heavy atom. The molecule has 2 aromatic rings. The van der Waals surface area contributed by atoms with Crippen LogP contribution in [0, 0.1) is 0 Å². The van der Waals surface area contributed by atoms with Gasteiger partial charge in [-0.15, -0.1) is 0 Å². The van der Waals surface area contributed by atoms with E-state index in [9.17, 15) is 4.79 Å². The van der Waals surface area contributed by atoms with E-state index < -0.39 is 11.9 Å². The Labute approximate surface area is 110 Å². The second-order valence-corrected chi connectivity index (χ2v) is 4.43. The van der Waals surface area contributed by atoms with Crippen molar-refractivity contribution in [2.45, 2.75) is 12.5 Å². The lowest BCUT2D eigenvalue weighted by atomic mass is 10.1. The fourth-order valence-corrected chi connectivity index (χ4v) is 1.86. The maximum atomic E-state index is 10.8. The molecule has 94 valence electrons. The van der Waals surface area contributed by atoms with E-state index in [0.29, 0.717) is 16.5 Å². The Bertz CT molecular complexity index is 566. The van der Waals surface area contributed by atoms with E-state index in [1.54, 1.807) is 24.3 Å². The molecule has 0 bridgehead atoms. The average Bonchev–Trinajstić information content (AvgIpc) is 2.77. The van der Waals surface area contributed by atoms with Crippen LogP contribution < -0.4 is 11.5 Å². The van der Waals surface area contributed by atoms with Gasteiger partial charge in [0.2, 0.25) is 5.91 Å². The van der Waals surface area contributed by atoms with Crippen LogP contribution in [-0.4, -0.2) is 5.91 Å². The van der Waals surface area contributed by atoms with Crippen molar-refractivity contribution >= 4 is 17.5 Å². The SMILES string of the molecule is NC(=O)C[C@@H](N)c1ccc(-c2cccc(Cl)c2)o1. The van der Waals surface area contributed by atoms with Gasteiger partial charge in [0.25, 0.3) is 0 Å². The zero-order chi connectivity index (χ0) is 13.1. The highest BCUT2D eigenvalue weighted by Gasteiger charge is 2.14. The van der Waals surface area contributed by atoms with Crippen molar-refractivity contribution in [3.8, 4) is 11.3 Å². The van der Waals surface area contributed by atoms with E-state index in [2.05, 4.69) is 0 Å². The summed E-state index contributed by atoms with van der Waals surface area (Å²) in [5, 5.41) is 0.631. The first-order valence-corrected chi connectivity index (χ1v) is 5.83. The second-order valence-electron chi connectivity index (χ2n) is 3.99. The number of nitrogens with two attached hydrogens (primary N) is 2. The van der Waals surface area contributed by atoms with Crippen LogP contribution in [0.25, 0.3) is 11.3 Å². The molecule has 0 aliphatic rings. The van der Waals surface area contributed by atoms with Crippen LogP contribution in [0.15, 0.2) is 40.8 Å². The van der Waals surface area contributed by atoms with Crippen molar-refractivity contribution in [1.29, 1.82) is 0 Å². The second kappa shape index (κ2) is 5.25. The Hall–Kier alpha value is -1.78. The largest absolute Gasteiger partial charge is 0.459 e. The van der Waals surface area contributed by atoms with Gasteiger partial charge >= 0.3 is 0 Å². The Kier molecular flexibility index (Phi) is 3.69. The van der Waals surface area contributed by atoms with Gasteiger partial charge in [0.05, 0.1) is 6.04 Å². The van der Waals surface area contributed by atoms with Gasteiger partial charge in [-0.2, -0.15) is 0 Å². The summed E-state index contributed by atoms with van der Waals surface area (Å²) in [6.07, 6.45) is 0.0580. The third-order valence-electron chi connectivity index (χ3n) is 2.52. The lowest BCUT2D eigenvalue weighted by Crippen LogP contribution is -2.20. The number of carbonyl (C=O) groups excluding carboxylic acids is 1. The minimum Gasteiger partial charge on any atom is -0.459 e. The number of rotatable bonds is 4. The first-order valence-electron chi connectivity index (χ1n) is 5.46. The van der Waals surface area contributed by atoms with Gasteiger partial charge in [0.1, 0.15) is 11.5 Å². The van der Waals surface area contributed by atoms with Crippen molar-refractivity contribution in [3.63, 3.8) is 0 Å². The minimum atomic E-state index is -0.518. The van der Waals surface area contributed by atoms with E-state index in [1.165, 1.54) is 0 Å². The van der Waals surface area contributed by atoms with E-state index in [-0.39, 0.29) is 6.42 Å². The standard InChI is InChI=1S/C13H13ClN2O2/c14-9-3-1-2-8(6-9)11-4-5-12(18-11)10(15)7-13(16)17/h1-6,10H,7,15H2,(H2,16,17)/t10-/m1/s1. The summed E-state index contributed by atoms with van der Waals surface area (Å²) in [5.74, 6) is 0.736. The van der Waals surface area contributed by atoms with Crippen molar-refractivity contribution < 1.29 is 9.21 Å². The Morgan fingerprint density at radius 2 is 2.11 bits per heavy atom. The fraction of sp³-hybridized carbons (Fsp3) is 0.154. The summed E-state index contributed by atoms with van der Waals surface area (Å²) >= 11 is 5.91. The highest BCUT2D eigenvalue weighted by atomic mass is 35.5. The predicted molar refractivity (Wildman–Crippen MR) is 69.9 cm³/mol. The molecule has 0 unspecified atom stereocenters. The number of carbonyl (C=O) groups is 1. The smallest absolute Gasteiger partial charge is 0.219 e. The predicted octanol–water partition coefficient (Wildman–Crippen LogP) is 2.48. The summed E-state index contributed by atoms with van der Waals surface area (Å²) < 4.78 is 5.60. The van der Waals surface area contributed by atoms with Crippen molar-refractivity contribution in [2.24, 2.45) is 11.5 Å². The van der Waals surface area contributed by atoms with Crippen molar-refractivity contribution in [2.75, 3.05) is 0 Å². The van der Waals surface area contributed by atoms with Crippen LogP contribution >= 0.6 is 11.6 Å². The highest BCUT2D eigenvalue weighted by molar-refractivity contribution is 6.30. The van der Waals surface area contributed by atoms with Gasteiger partial charge < -0.3 is 15.9 Å². The molecule has 0 spiro atoms. The fourth-order valence-electron chi connectivity index (χ4n) is 1.67. The number of hydrogen-bond donors (Lipinski definition) is 2. The molecule has 2 rings (SSSR count). The molecular weight excluding hydrogens is 252 g/mol. The van der Waals surface area contributed by atoms with Crippen molar-refractivity contribution in [1.82, 2.24) is 0 Å². The van der Waals surface area contributed by atoms with Crippen LogP contribution in [-0.2, 0) is 4.79 Å². The van der Waals surface area contributed by atoms with Crippen molar-refractivity contribution in [3.05, 3.63) is 47.2 Å². The molecule has 1 atom stereocenters. The third-order valence-corrected chi connectivity index (χ3v) is 2.76. The molecule has 0 aliphatic heterocycles. The molecule has 4 N–H and O–H groups in total. The molecule has 0 radical (unpaired) electrons. The number of benzene rings is 1. The van der Waals surface area contributed by atoms with Crippen LogP contribution in [0.1, 0.15) is 18.2 Å². The van der Waals surface area contributed by atoms with Gasteiger partial charge in [-0.25, -0.2) is 0 Å². The monoisotopic (exact) mass is 264 g/mol. The lowest BCUT2D eigenvalue weighted by Gasteiger charge is -2.05. The Balaban J connectivity index is 2.22. The summed E-state index contributed by atoms with van der Waals surface area (Å²) in [6, 6.07) is 10.3. The summed E-state index contributed by atoms with van der Waals surface area (Å²) in [4.78, 5) is 10.8.